The van der Waals surface area contributed by atoms with Crippen LogP contribution in [0.5, 0.6) is 17.2 Å². The first-order valence-electron chi connectivity index (χ1n) is 17.0. The summed E-state index contributed by atoms with van der Waals surface area (Å²) in [5.74, 6) is 2.30. The average Bonchev–Trinajstić information content (AvgIpc) is 3.73. The molecular formula is C37H48N6O5. The zero-order valence-electron chi connectivity index (χ0n) is 28.6. The highest BCUT2D eigenvalue weighted by atomic mass is 16.5. The largest absolute Gasteiger partial charge is 0.493 e. The standard InChI is InChI=1S/C37H48N6O5/c1-5-48-22-21-43-31-11-7-6-10-30(31)40-36(43)39-29-12-17-41(18-13-29)19-14-37(28-9-8-16-38-25-28)15-20-42(26-37)35(44)27-23-32(45-2)34(47-4)33(24-27)46-3/h6-11,16,23-25,29H,5,12-15,17-22,26H2,1-4H3,(H,39,40). The van der Waals surface area contributed by atoms with Crippen LogP contribution in [0.25, 0.3) is 11.0 Å². The topological polar surface area (TPSA) is 103 Å². The summed E-state index contributed by atoms with van der Waals surface area (Å²) in [5, 5.41) is 3.77. The van der Waals surface area contributed by atoms with Crippen molar-refractivity contribution < 1.29 is 23.7 Å². The Morgan fingerprint density at radius 2 is 1.75 bits per heavy atom. The normalized spacial score (nSPS) is 18.7. The maximum atomic E-state index is 13.9. The quantitative estimate of drug-likeness (QED) is 0.183. The molecular weight excluding hydrogens is 608 g/mol. The van der Waals surface area contributed by atoms with E-state index in [1.54, 1.807) is 33.5 Å². The molecule has 0 bridgehead atoms. The maximum Gasteiger partial charge on any atom is 0.254 e. The lowest BCUT2D eigenvalue weighted by Crippen LogP contribution is -2.42. The third-order valence-electron chi connectivity index (χ3n) is 9.97. The third-order valence-corrected chi connectivity index (χ3v) is 9.97. The Bertz CT molecular complexity index is 1650. The van der Waals surface area contributed by atoms with E-state index in [1.807, 2.05) is 36.4 Å². The number of piperidine rings is 1. The summed E-state index contributed by atoms with van der Waals surface area (Å²) in [6.45, 7) is 8.43. The Labute approximate surface area is 283 Å². The van der Waals surface area contributed by atoms with Gasteiger partial charge in [0.05, 0.1) is 39.0 Å². The van der Waals surface area contributed by atoms with Crippen LogP contribution in [-0.4, -0.2) is 104 Å². The summed E-state index contributed by atoms with van der Waals surface area (Å²) in [7, 11) is 4.69. The van der Waals surface area contributed by atoms with Gasteiger partial charge >= 0.3 is 0 Å². The molecule has 0 aliphatic carbocycles. The number of hydrogen-bond acceptors (Lipinski definition) is 9. The number of hydrogen-bond donors (Lipinski definition) is 1. The van der Waals surface area contributed by atoms with E-state index in [9.17, 15) is 4.79 Å². The molecule has 2 aliphatic heterocycles. The lowest BCUT2D eigenvalue weighted by atomic mass is 9.77. The SMILES string of the molecule is CCOCCn1c(NC2CCN(CCC3(c4cccnc4)CCN(C(=O)c4cc(OC)c(OC)c(OC)c4)C3)CC2)nc2ccccc21. The number of likely N-dealkylation sites (tertiary alicyclic amines) is 2. The predicted octanol–water partition coefficient (Wildman–Crippen LogP) is 5.24. The van der Waals surface area contributed by atoms with Crippen molar-refractivity contribution in [2.45, 2.75) is 50.6 Å². The first-order valence-corrected chi connectivity index (χ1v) is 17.0. The fourth-order valence-electron chi connectivity index (χ4n) is 7.26. The van der Waals surface area contributed by atoms with Gasteiger partial charge in [0.1, 0.15) is 0 Å². The first-order chi connectivity index (χ1) is 23.5. The minimum Gasteiger partial charge on any atom is -0.493 e. The van der Waals surface area contributed by atoms with Gasteiger partial charge in [-0.2, -0.15) is 0 Å². The number of pyridine rings is 1. The van der Waals surface area contributed by atoms with Crippen molar-refractivity contribution in [3.63, 3.8) is 0 Å². The lowest BCUT2D eigenvalue weighted by Gasteiger charge is -2.36. The smallest absolute Gasteiger partial charge is 0.254 e. The van der Waals surface area contributed by atoms with Gasteiger partial charge in [-0.15, -0.1) is 0 Å². The second-order valence-corrected chi connectivity index (χ2v) is 12.7. The van der Waals surface area contributed by atoms with E-state index in [-0.39, 0.29) is 11.3 Å². The van der Waals surface area contributed by atoms with Gasteiger partial charge in [-0.05, 0) is 75.0 Å². The Morgan fingerprint density at radius 1 is 0.979 bits per heavy atom. The summed E-state index contributed by atoms with van der Waals surface area (Å²) >= 11 is 0. The van der Waals surface area contributed by atoms with E-state index in [2.05, 4.69) is 44.0 Å². The maximum absolute atomic E-state index is 13.9. The van der Waals surface area contributed by atoms with Crippen molar-refractivity contribution in [2.75, 3.05) is 72.6 Å². The van der Waals surface area contributed by atoms with Crippen molar-refractivity contribution in [2.24, 2.45) is 0 Å². The second kappa shape index (κ2) is 15.3. The molecule has 0 spiro atoms. The van der Waals surface area contributed by atoms with E-state index in [0.717, 1.165) is 68.8 Å². The molecule has 2 aromatic carbocycles. The minimum absolute atomic E-state index is 0.0424. The Hall–Kier alpha value is -4.35. The van der Waals surface area contributed by atoms with E-state index < -0.39 is 0 Å². The molecule has 4 aromatic rings. The third kappa shape index (κ3) is 7.07. The highest BCUT2D eigenvalue weighted by Gasteiger charge is 2.42. The number of nitrogens with one attached hydrogen (secondary N) is 1. The number of carbonyl (C=O) groups is 1. The molecule has 1 unspecified atom stereocenters. The predicted molar refractivity (Wildman–Crippen MR) is 186 cm³/mol. The Balaban J connectivity index is 1.11. The molecule has 6 rings (SSSR count). The number of ether oxygens (including phenoxy) is 4. The van der Waals surface area contributed by atoms with Gasteiger partial charge in [0.2, 0.25) is 11.7 Å². The zero-order chi connectivity index (χ0) is 33.5. The number of rotatable bonds is 14. The van der Waals surface area contributed by atoms with Crippen LogP contribution < -0.4 is 19.5 Å². The van der Waals surface area contributed by atoms with Gasteiger partial charge in [0.25, 0.3) is 5.91 Å². The Kier molecular flexibility index (Phi) is 10.7. The number of imidazole rings is 1. The number of aromatic nitrogens is 3. The van der Waals surface area contributed by atoms with Crippen LogP contribution >= 0.6 is 0 Å². The molecule has 2 saturated heterocycles. The number of amides is 1. The van der Waals surface area contributed by atoms with Crippen molar-refractivity contribution in [1.82, 2.24) is 24.3 Å². The van der Waals surface area contributed by atoms with E-state index in [0.29, 0.717) is 55.2 Å². The average molecular weight is 657 g/mol. The highest BCUT2D eigenvalue weighted by Crippen LogP contribution is 2.41. The molecule has 0 radical (unpaired) electrons. The molecule has 1 N–H and O–H groups in total. The molecule has 0 saturated carbocycles. The van der Waals surface area contributed by atoms with E-state index >= 15 is 0 Å². The minimum atomic E-state index is -0.176. The summed E-state index contributed by atoms with van der Waals surface area (Å²) in [6, 6.07) is 16.3. The van der Waals surface area contributed by atoms with Crippen LogP contribution in [0.3, 0.4) is 0 Å². The molecule has 48 heavy (non-hydrogen) atoms. The van der Waals surface area contributed by atoms with Crippen LogP contribution in [0, 0.1) is 0 Å². The molecule has 11 heteroatoms. The van der Waals surface area contributed by atoms with Gasteiger partial charge in [-0.3, -0.25) is 9.78 Å². The van der Waals surface area contributed by atoms with Crippen molar-refractivity contribution in [3.05, 3.63) is 72.1 Å². The van der Waals surface area contributed by atoms with E-state index in [1.165, 1.54) is 5.56 Å². The van der Waals surface area contributed by atoms with Gasteiger partial charge in [0, 0.05) is 68.7 Å². The molecule has 256 valence electrons. The van der Waals surface area contributed by atoms with Crippen LogP contribution in [0.4, 0.5) is 5.95 Å². The lowest BCUT2D eigenvalue weighted by molar-refractivity contribution is 0.0779. The zero-order valence-corrected chi connectivity index (χ0v) is 28.6. The molecule has 1 amide bonds. The second-order valence-electron chi connectivity index (χ2n) is 12.7. The fourth-order valence-corrected chi connectivity index (χ4v) is 7.26. The van der Waals surface area contributed by atoms with Crippen LogP contribution in [-0.2, 0) is 16.7 Å². The Morgan fingerprint density at radius 3 is 2.44 bits per heavy atom. The van der Waals surface area contributed by atoms with Crippen molar-refractivity contribution in [3.8, 4) is 17.2 Å². The summed E-state index contributed by atoms with van der Waals surface area (Å²) in [6.07, 6.45) is 7.70. The molecule has 11 nitrogen and oxygen atoms in total. The summed E-state index contributed by atoms with van der Waals surface area (Å²) in [5.41, 5.74) is 3.67. The number of anilines is 1. The number of carbonyl (C=O) groups excluding carboxylic acids is 1. The van der Waals surface area contributed by atoms with Gasteiger partial charge in [-0.25, -0.2) is 4.98 Å². The fraction of sp³-hybridized carbons (Fsp3) is 0.486. The van der Waals surface area contributed by atoms with Gasteiger partial charge in [0.15, 0.2) is 11.5 Å². The number of para-hydroxylation sites is 2. The van der Waals surface area contributed by atoms with Crippen molar-refractivity contribution in [1.29, 1.82) is 0 Å². The first kappa shape index (κ1) is 33.5. The van der Waals surface area contributed by atoms with Crippen LogP contribution in [0.15, 0.2) is 60.9 Å². The van der Waals surface area contributed by atoms with Gasteiger partial charge < -0.3 is 38.6 Å². The monoisotopic (exact) mass is 656 g/mol. The molecule has 4 heterocycles. The number of benzene rings is 2. The molecule has 2 aliphatic rings. The molecule has 2 fully saturated rings. The number of nitrogens with zero attached hydrogens (tertiary/aromatic N) is 5. The number of fused-ring (bicyclic) bond motifs is 1. The van der Waals surface area contributed by atoms with Crippen LogP contribution in [0.2, 0.25) is 0 Å². The summed E-state index contributed by atoms with van der Waals surface area (Å²) < 4.78 is 24.4. The molecule has 2 aromatic heterocycles. The van der Waals surface area contributed by atoms with Gasteiger partial charge in [-0.1, -0.05) is 18.2 Å². The number of methoxy groups -OCH3 is 3. The summed E-state index contributed by atoms with van der Waals surface area (Å²) in [4.78, 5) is 27.8. The highest BCUT2D eigenvalue weighted by molar-refractivity contribution is 5.96. The molecule has 1 atom stereocenters. The van der Waals surface area contributed by atoms with Crippen LogP contribution in [0.1, 0.15) is 48.5 Å². The van der Waals surface area contributed by atoms with Crippen molar-refractivity contribution >= 4 is 22.9 Å². The van der Waals surface area contributed by atoms with E-state index in [4.69, 9.17) is 23.9 Å².